The minimum absolute atomic E-state index is 0.0929. The predicted octanol–water partition coefficient (Wildman–Crippen LogP) is 6.34. The molecule has 28 heavy (non-hydrogen) atoms. The van der Waals surface area contributed by atoms with Crippen LogP contribution >= 0.6 is 0 Å². The van der Waals surface area contributed by atoms with Crippen molar-refractivity contribution in [1.82, 2.24) is 5.32 Å². The fraction of sp³-hybridized carbons (Fsp3) is 0.667. The maximum Gasteiger partial charge on any atom is 0.262 e. The van der Waals surface area contributed by atoms with Crippen LogP contribution in [0.3, 0.4) is 0 Å². The average Bonchev–Trinajstić information content (AvgIpc) is 2.65. The summed E-state index contributed by atoms with van der Waals surface area (Å²) in [7, 11) is 0. The van der Waals surface area contributed by atoms with E-state index in [-0.39, 0.29) is 18.3 Å². The highest BCUT2D eigenvalue weighted by Crippen LogP contribution is 2.28. The Morgan fingerprint density at radius 3 is 2.00 bits per heavy atom. The molecule has 2 unspecified atom stereocenters. The van der Waals surface area contributed by atoms with Crippen molar-refractivity contribution in [1.29, 1.82) is 0 Å². The van der Waals surface area contributed by atoms with E-state index in [1.165, 1.54) is 39.5 Å². The van der Waals surface area contributed by atoms with Gasteiger partial charge >= 0.3 is 0 Å². The summed E-state index contributed by atoms with van der Waals surface area (Å²) in [5, 5.41) is 2.71. The molecular formula is C24H43NO3. The lowest BCUT2D eigenvalue weighted by Gasteiger charge is -2.24. The Balaban J connectivity index is 0. The first-order valence-electron chi connectivity index (χ1n) is 10.6. The number of ketones is 1. The van der Waals surface area contributed by atoms with E-state index in [4.69, 9.17) is 4.74 Å². The van der Waals surface area contributed by atoms with Crippen molar-refractivity contribution in [2.75, 3.05) is 6.61 Å². The van der Waals surface area contributed by atoms with Gasteiger partial charge in [0.05, 0.1) is 5.70 Å². The van der Waals surface area contributed by atoms with Crippen LogP contribution in [0, 0.1) is 11.8 Å². The maximum atomic E-state index is 10.9. The third-order valence-electron chi connectivity index (χ3n) is 4.52. The first-order valence-corrected chi connectivity index (χ1v) is 10.6. The summed E-state index contributed by atoms with van der Waals surface area (Å²) >= 11 is 0. The Bertz CT molecular complexity index is 518. The highest BCUT2D eigenvalue weighted by Gasteiger charge is 2.15. The second kappa shape index (κ2) is 17.3. The van der Waals surface area contributed by atoms with Gasteiger partial charge in [-0.05, 0) is 45.1 Å². The van der Waals surface area contributed by atoms with Crippen molar-refractivity contribution in [2.24, 2.45) is 11.8 Å². The summed E-state index contributed by atoms with van der Waals surface area (Å²) in [5.41, 5.74) is 1.78. The predicted molar refractivity (Wildman–Crippen MR) is 120 cm³/mol. The van der Waals surface area contributed by atoms with Crippen LogP contribution < -0.4 is 5.32 Å². The van der Waals surface area contributed by atoms with Crippen LogP contribution in [0.4, 0.5) is 0 Å². The van der Waals surface area contributed by atoms with Gasteiger partial charge in [-0.1, -0.05) is 78.5 Å². The Morgan fingerprint density at radius 1 is 1.18 bits per heavy atom. The minimum atomic E-state index is -0.103. The summed E-state index contributed by atoms with van der Waals surface area (Å²) in [6.07, 6.45) is 10.5. The number of hydrogen-bond acceptors (Lipinski definition) is 3. The van der Waals surface area contributed by atoms with Gasteiger partial charge in [-0.2, -0.15) is 0 Å². The van der Waals surface area contributed by atoms with Crippen molar-refractivity contribution in [2.45, 2.75) is 87.5 Å². The van der Waals surface area contributed by atoms with Crippen LogP contribution in [0.2, 0.25) is 0 Å². The zero-order chi connectivity index (χ0) is 22.1. The standard InChI is InChI=1S/C11H15NO2.C8H16.C3H6O.C2H6/c1-4-8(2)5-6-10-9(3)12-11(13)7-14-10;1-7-5-3-4-6-8(7)2;1-3(2)4;1-2/h5-6H,2,4,7H2,1,3H3,(H,12,13);7-8H,3-6H2,1-2H3;1-2H3;1-2H3/b6-5-;;;. The molecular weight excluding hydrogens is 350 g/mol. The van der Waals surface area contributed by atoms with Gasteiger partial charge in [0.25, 0.3) is 5.91 Å². The molecule has 4 heteroatoms. The van der Waals surface area contributed by atoms with Crippen molar-refractivity contribution in [3.8, 4) is 0 Å². The van der Waals surface area contributed by atoms with Crippen LogP contribution in [-0.4, -0.2) is 18.3 Å². The molecule has 0 bridgehead atoms. The number of ether oxygens (including phenoxy) is 1. The fourth-order valence-corrected chi connectivity index (χ4v) is 2.54. The first-order chi connectivity index (χ1) is 13.2. The lowest BCUT2D eigenvalue weighted by atomic mass is 9.82. The average molecular weight is 394 g/mol. The van der Waals surface area contributed by atoms with Gasteiger partial charge in [0, 0.05) is 0 Å². The van der Waals surface area contributed by atoms with Crippen LogP contribution in [0.25, 0.3) is 0 Å². The molecule has 4 nitrogen and oxygen atoms in total. The van der Waals surface area contributed by atoms with Gasteiger partial charge in [-0.25, -0.2) is 0 Å². The highest BCUT2D eigenvalue weighted by atomic mass is 16.5. The van der Waals surface area contributed by atoms with Crippen molar-refractivity contribution >= 4 is 11.7 Å². The molecule has 1 aliphatic carbocycles. The zero-order valence-electron chi connectivity index (χ0n) is 19.5. The summed E-state index contributed by atoms with van der Waals surface area (Å²) < 4.78 is 5.24. The van der Waals surface area contributed by atoms with E-state index in [0.29, 0.717) is 5.76 Å². The smallest absolute Gasteiger partial charge is 0.262 e. The summed E-state index contributed by atoms with van der Waals surface area (Å²) in [4.78, 5) is 20.3. The van der Waals surface area contributed by atoms with Crippen molar-refractivity contribution in [3.63, 3.8) is 0 Å². The molecule has 1 heterocycles. The molecule has 0 spiro atoms. The van der Waals surface area contributed by atoms with Gasteiger partial charge in [-0.3, -0.25) is 4.79 Å². The quantitative estimate of drug-likeness (QED) is 0.569. The molecule has 1 fully saturated rings. The van der Waals surface area contributed by atoms with E-state index >= 15 is 0 Å². The monoisotopic (exact) mass is 393 g/mol. The Kier molecular flexibility index (Phi) is 17.5. The molecule has 2 aliphatic rings. The normalized spacial score (nSPS) is 20.9. The Morgan fingerprint density at radius 2 is 1.64 bits per heavy atom. The number of rotatable bonds is 3. The molecule has 1 aliphatic heterocycles. The molecule has 1 amide bonds. The number of nitrogens with one attached hydrogen (secondary N) is 1. The number of allylic oxidation sites excluding steroid dienone is 4. The number of Topliss-reactive ketones (excluding diaryl/α,β-unsaturated/α-hetero) is 1. The molecule has 0 aromatic carbocycles. The fourth-order valence-electron chi connectivity index (χ4n) is 2.54. The molecule has 0 radical (unpaired) electrons. The lowest BCUT2D eigenvalue weighted by Crippen LogP contribution is -2.31. The summed E-state index contributed by atoms with van der Waals surface area (Å²) in [5.74, 6) is 2.78. The molecule has 2 rings (SSSR count). The number of carbonyl (C=O) groups is 2. The highest BCUT2D eigenvalue weighted by molar-refractivity contribution is 5.80. The summed E-state index contributed by atoms with van der Waals surface area (Å²) in [6.45, 7) is 19.6. The second-order valence-electron chi connectivity index (χ2n) is 7.32. The van der Waals surface area contributed by atoms with E-state index in [0.717, 1.165) is 29.5 Å². The van der Waals surface area contributed by atoms with Gasteiger partial charge in [0.1, 0.15) is 11.5 Å². The van der Waals surface area contributed by atoms with Crippen molar-refractivity contribution < 1.29 is 14.3 Å². The van der Waals surface area contributed by atoms with Crippen LogP contribution in [-0.2, 0) is 14.3 Å². The maximum absolute atomic E-state index is 10.9. The number of hydrogen-bond donors (Lipinski definition) is 1. The zero-order valence-corrected chi connectivity index (χ0v) is 19.5. The molecule has 1 N–H and O–H groups in total. The lowest BCUT2D eigenvalue weighted by molar-refractivity contribution is -0.125. The van der Waals surface area contributed by atoms with E-state index in [1.807, 2.05) is 39.8 Å². The van der Waals surface area contributed by atoms with Crippen LogP contribution in [0.15, 0.2) is 35.8 Å². The second-order valence-corrected chi connectivity index (χ2v) is 7.32. The third-order valence-corrected chi connectivity index (χ3v) is 4.52. The Labute approximate surface area is 173 Å². The summed E-state index contributed by atoms with van der Waals surface area (Å²) in [6, 6.07) is 0. The van der Waals surface area contributed by atoms with Gasteiger partial charge in [-0.15, -0.1) is 0 Å². The van der Waals surface area contributed by atoms with Crippen LogP contribution in [0.1, 0.15) is 87.5 Å². The molecule has 0 aromatic rings. The molecule has 162 valence electrons. The topological polar surface area (TPSA) is 55.4 Å². The minimum Gasteiger partial charge on any atom is -0.482 e. The van der Waals surface area contributed by atoms with Gasteiger partial charge in [0.15, 0.2) is 6.61 Å². The van der Waals surface area contributed by atoms with E-state index in [1.54, 1.807) is 0 Å². The van der Waals surface area contributed by atoms with Gasteiger partial charge < -0.3 is 14.8 Å². The molecule has 1 saturated carbocycles. The van der Waals surface area contributed by atoms with E-state index < -0.39 is 0 Å². The Hall–Kier alpha value is -1.84. The van der Waals surface area contributed by atoms with Crippen LogP contribution in [0.5, 0.6) is 0 Å². The third kappa shape index (κ3) is 15.2. The SMILES string of the molecule is C=C(/C=C\C1=C(C)NC(=O)CO1)CC.CC.CC(C)=O.CC1CCCCC1C. The molecule has 0 aromatic heterocycles. The van der Waals surface area contributed by atoms with E-state index in [9.17, 15) is 9.59 Å². The number of amides is 1. The number of carbonyl (C=O) groups excluding carboxylic acids is 2. The van der Waals surface area contributed by atoms with Gasteiger partial charge in [0.2, 0.25) is 0 Å². The molecule has 2 atom stereocenters. The molecule has 0 saturated heterocycles. The van der Waals surface area contributed by atoms with E-state index in [2.05, 4.69) is 25.7 Å². The first kappa shape index (κ1) is 28.4. The largest absolute Gasteiger partial charge is 0.482 e. The van der Waals surface area contributed by atoms with Crippen molar-refractivity contribution in [3.05, 3.63) is 35.8 Å².